The lowest BCUT2D eigenvalue weighted by atomic mass is 9.96. The Morgan fingerprint density at radius 1 is 1.16 bits per heavy atom. The third-order valence-electron chi connectivity index (χ3n) is 3.89. The fraction of sp³-hybridized carbons (Fsp3) is 0.200. The molecule has 0 radical (unpaired) electrons. The van der Waals surface area contributed by atoms with E-state index < -0.39 is 0 Å². The zero-order valence-electron chi connectivity index (χ0n) is 13.7. The van der Waals surface area contributed by atoms with E-state index in [1.54, 1.807) is 35.7 Å². The van der Waals surface area contributed by atoms with Gasteiger partial charge in [0.25, 0.3) is 0 Å². The zero-order valence-corrected chi connectivity index (χ0v) is 16.1. The smallest absolute Gasteiger partial charge is 0.198 e. The summed E-state index contributed by atoms with van der Waals surface area (Å²) in [6.45, 7) is 2.02. The first-order valence-corrected chi connectivity index (χ1v) is 10.3. The van der Waals surface area contributed by atoms with Crippen molar-refractivity contribution < 1.29 is 9.59 Å². The van der Waals surface area contributed by atoms with E-state index in [9.17, 15) is 9.59 Å². The van der Waals surface area contributed by atoms with Crippen LogP contribution in [0.15, 0.2) is 64.4 Å². The van der Waals surface area contributed by atoms with E-state index in [4.69, 9.17) is 11.6 Å². The standard InChI is InChI=1S/C20H17ClO2S2/c1-2-24-20-18(19(23)13-8-4-3-5-9-13)16(22)12-17(25-20)14-10-6-7-11-15(14)21/h3-11,17H,2,12H2,1H3/t17-/m1/s1. The molecule has 0 saturated heterocycles. The van der Waals surface area contributed by atoms with Crippen LogP contribution in [-0.4, -0.2) is 17.3 Å². The molecule has 0 amide bonds. The minimum absolute atomic E-state index is 0.0532. The molecule has 0 spiro atoms. The van der Waals surface area contributed by atoms with E-state index >= 15 is 0 Å². The van der Waals surface area contributed by atoms with Crippen molar-refractivity contribution in [3.63, 3.8) is 0 Å². The Bertz CT molecular complexity index is 831. The predicted molar refractivity (Wildman–Crippen MR) is 107 cm³/mol. The van der Waals surface area contributed by atoms with Crippen molar-refractivity contribution in [3.8, 4) is 0 Å². The highest BCUT2D eigenvalue weighted by molar-refractivity contribution is 8.22. The van der Waals surface area contributed by atoms with E-state index in [1.807, 2.05) is 49.4 Å². The van der Waals surface area contributed by atoms with Gasteiger partial charge in [0.1, 0.15) is 0 Å². The Kier molecular flexibility index (Phi) is 6.05. The highest BCUT2D eigenvalue weighted by Gasteiger charge is 2.34. The molecular weight excluding hydrogens is 372 g/mol. The number of halogens is 1. The van der Waals surface area contributed by atoms with Gasteiger partial charge < -0.3 is 0 Å². The van der Waals surface area contributed by atoms with E-state index in [0.29, 0.717) is 16.2 Å². The molecule has 1 atom stereocenters. The number of Topliss-reactive ketones (excluding diaryl/α,β-unsaturated/α-hetero) is 2. The summed E-state index contributed by atoms with van der Waals surface area (Å²) in [6, 6.07) is 16.6. The average molecular weight is 389 g/mol. The molecule has 0 unspecified atom stereocenters. The van der Waals surface area contributed by atoms with Crippen LogP contribution in [-0.2, 0) is 4.79 Å². The Balaban J connectivity index is 1.99. The molecule has 1 aliphatic heterocycles. The summed E-state index contributed by atoms with van der Waals surface area (Å²) in [5.41, 5.74) is 1.83. The van der Waals surface area contributed by atoms with E-state index in [0.717, 1.165) is 15.6 Å². The first-order valence-electron chi connectivity index (χ1n) is 8.03. The van der Waals surface area contributed by atoms with Crippen LogP contribution in [0.1, 0.15) is 34.5 Å². The molecule has 0 fully saturated rings. The van der Waals surface area contributed by atoms with Crippen molar-refractivity contribution in [2.45, 2.75) is 18.6 Å². The summed E-state index contributed by atoms with van der Waals surface area (Å²) in [4.78, 5) is 25.7. The van der Waals surface area contributed by atoms with E-state index in [2.05, 4.69) is 0 Å². The fourth-order valence-electron chi connectivity index (χ4n) is 2.71. The maximum atomic E-state index is 12.9. The lowest BCUT2D eigenvalue weighted by molar-refractivity contribution is -0.115. The van der Waals surface area contributed by atoms with Crippen molar-refractivity contribution in [1.82, 2.24) is 0 Å². The molecule has 0 aliphatic carbocycles. The monoisotopic (exact) mass is 388 g/mol. The quantitative estimate of drug-likeness (QED) is 0.469. The Morgan fingerprint density at radius 3 is 2.52 bits per heavy atom. The highest BCUT2D eigenvalue weighted by atomic mass is 35.5. The van der Waals surface area contributed by atoms with Crippen molar-refractivity contribution in [2.24, 2.45) is 0 Å². The number of thioether (sulfide) groups is 2. The van der Waals surface area contributed by atoms with Crippen LogP contribution in [0.2, 0.25) is 5.02 Å². The van der Waals surface area contributed by atoms with Gasteiger partial charge in [0, 0.05) is 22.3 Å². The van der Waals surface area contributed by atoms with Crippen LogP contribution >= 0.6 is 35.1 Å². The molecule has 25 heavy (non-hydrogen) atoms. The van der Waals surface area contributed by atoms with Gasteiger partial charge in [-0.05, 0) is 17.4 Å². The summed E-state index contributed by atoms with van der Waals surface area (Å²) in [5, 5.41) is 0.606. The second kappa shape index (κ2) is 8.26. The molecule has 0 aromatic heterocycles. The van der Waals surface area contributed by atoms with Gasteiger partial charge in [-0.1, -0.05) is 67.1 Å². The van der Waals surface area contributed by atoms with Crippen LogP contribution in [0.4, 0.5) is 0 Å². The third-order valence-corrected chi connectivity index (χ3v) is 6.76. The number of allylic oxidation sites excluding steroid dienone is 1. The Hall–Kier alpha value is -1.49. The van der Waals surface area contributed by atoms with Crippen molar-refractivity contribution in [3.05, 3.63) is 80.6 Å². The van der Waals surface area contributed by atoms with Crippen LogP contribution in [0.5, 0.6) is 0 Å². The molecule has 2 aromatic rings. The van der Waals surface area contributed by atoms with Crippen molar-refractivity contribution >= 4 is 46.7 Å². The predicted octanol–water partition coefficient (Wildman–Crippen LogP) is 5.93. The highest BCUT2D eigenvalue weighted by Crippen LogP contribution is 2.49. The van der Waals surface area contributed by atoms with Crippen LogP contribution in [0, 0.1) is 0 Å². The molecule has 3 rings (SSSR count). The second-order valence-corrected chi connectivity index (χ2v) is 8.70. The molecule has 128 valence electrons. The summed E-state index contributed by atoms with van der Waals surface area (Å²) in [7, 11) is 0. The topological polar surface area (TPSA) is 34.1 Å². The molecule has 0 saturated carbocycles. The molecule has 1 aliphatic rings. The minimum atomic E-state index is -0.188. The van der Waals surface area contributed by atoms with Gasteiger partial charge in [-0.2, -0.15) is 0 Å². The largest absolute Gasteiger partial charge is 0.294 e. The summed E-state index contributed by atoms with van der Waals surface area (Å²) < 4.78 is 0.803. The number of rotatable bonds is 5. The number of hydrogen-bond donors (Lipinski definition) is 0. The maximum absolute atomic E-state index is 12.9. The van der Waals surface area contributed by atoms with E-state index in [-0.39, 0.29) is 23.2 Å². The van der Waals surface area contributed by atoms with Crippen LogP contribution in [0.25, 0.3) is 0 Å². The zero-order chi connectivity index (χ0) is 17.8. The number of carbonyl (C=O) groups excluding carboxylic acids is 2. The van der Waals surface area contributed by atoms with E-state index in [1.165, 1.54) is 0 Å². The second-order valence-electron chi connectivity index (χ2n) is 5.55. The third kappa shape index (κ3) is 4.02. The number of ketones is 2. The van der Waals surface area contributed by atoms with Gasteiger partial charge in [0.2, 0.25) is 0 Å². The van der Waals surface area contributed by atoms with Gasteiger partial charge in [0.05, 0.1) is 9.81 Å². The molecule has 0 N–H and O–H groups in total. The van der Waals surface area contributed by atoms with Crippen LogP contribution < -0.4 is 0 Å². The Labute approximate surface area is 161 Å². The summed E-state index contributed by atoms with van der Waals surface area (Å²) >= 11 is 9.43. The van der Waals surface area contributed by atoms with Crippen molar-refractivity contribution in [2.75, 3.05) is 5.75 Å². The molecule has 2 nitrogen and oxygen atoms in total. The number of carbonyl (C=O) groups is 2. The molecule has 5 heteroatoms. The van der Waals surface area contributed by atoms with Crippen molar-refractivity contribution in [1.29, 1.82) is 0 Å². The molecular formula is C20H17ClO2S2. The van der Waals surface area contributed by atoms with Gasteiger partial charge in [-0.25, -0.2) is 0 Å². The van der Waals surface area contributed by atoms with Crippen LogP contribution in [0.3, 0.4) is 0 Å². The first kappa shape index (κ1) is 18.3. The summed E-state index contributed by atoms with van der Waals surface area (Å²) in [6.07, 6.45) is 0.288. The number of benzene rings is 2. The minimum Gasteiger partial charge on any atom is -0.294 e. The van der Waals surface area contributed by atoms with Gasteiger partial charge in [-0.15, -0.1) is 23.5 Å². The fourth-order valence-corrected chi connectivity index (χ4v) is 5.78. The lowest BCUT2D eigenvalue weighted by Crippen LogP contribution is -2.20. The average Bonchev–Trinajstić information content (AvgIpc) is 2.62. The number of hydrogen-bond acceptors (Lipinski definition) is 4. The van der Waals surface area contributed by atoms with Gasteiger partial charge in [0.15, 0.2) is 11.6 Å². The lowest BCUT2D eigenvalue weighted by Gasteiger charge is -2.25. The normalized spacial score (nSPS) is 17.7. The molecule has 1 heterocycles. The SMILES string of the molecule is CCSC1=C(C(=O)c2ccccc2)C(=O)C[C@H](c2ccccc2Cl)S1. The molecule has 2 aromatic carbocycles. The Morgan fingerprint density at radius 2 is 1.84 bits per heavy atom. The molecule has 0 bridgehead atoms. The first-order chi connectivity index (χ1) is 12.1. The maximum Gasteiger partial charge on any atom is 0.198 e. The summed E-state index contributed by atoms with van der Waals surface area (Å²) in [5.74, 6) is 0.510. The van der Waals surface area contributed by atoms with Gasteiger partial charge >= 0.3 is 0 Å². The van der Waals surface area contributed by atoms with Gasteiger partial charge in [-0.3, -0.25) is 9.59 Å².